The van der Waals surface area contributed by atoms with Crippen molar-refractivity contribution in [2.45, 2.75) is 74.5 Å². The number of aromatic nitrogens is 1. The van der Waals surface area contributed by atoms with E-state index in [9.17, 15) is 24.6 Å². The van der Waals surface area contributed by atoms with Gasteiger partial charge in [-0.05, 0) is 117 Å². The van der Waals surface area contributed by atoms with E-state index in [0.717, 1.165) is 0 Å². The largest absolute Gasteiger partial charge is 0.465 e. The first-order chi connectivity index (χ1) is 25.8. The molecule has 1 heterocycles. The minimum atomic E-state index is -1.51. The third-order valence-corrected chi connectivity index (χ3v) is 10.7. The molecule has 4 atom stereocenters. The summed E-state index contributed by atoms with van der Waals surface area (Å²) in [5, 5.41) is 25.0. The van der Waals surface area contributed by atoms with Crippen LogP contribution in [0.4, 0.5) is 5.69 Å². The first-order valence-electron chi connectivity index (χ1n) is 17.8. The number of rotatable bonds is 6. The van der Waals surface area contributed by atoms with Gasteiger partial charge in [-0.25, -0.2) is 4.79 Å². The SMILES string of the molecule is COC(=O)c1ccc(C(N)=O)c([C@H]2CCCC(O)(C#Cc3cccc(Cl)c3)C2)c1N(C(=O)c1cccn1C)[C@H]1CCCC(O)(C#Cc2cccc(Cl)c2)C1. The molecule has 0 aliphatic heterocycles. The highest BCUT2D eigenvalue weighted by atomic mass is 35.5. The quantitative estimate of drug-likeness (QED) is 0.143. The molecule has 3 aromatic carbocycles. The number of primary amides is 1. The minimum Gasteiger partial charge on any atom is -0.465 e. The number of aliphatic hydroxyl groups is 2. The van der Waals surface area contributed by atoms with E-state index in [2.05, 4.69) is 23.7 Å². The molecular formula is C43H41Cl2N3O6. The second kappa shape index (κ2) is 16.1. The summed E-state index contributed by atoms with van der Waals surface area (Å²) in [4.78, 5) is 43.5. The van der Waals surface area contributed by atoms with Gasteiger partial charge in [0, 0.05) is 52.4 Å². The number of hydrogen-bond donors (Lipinski definition) is 3. The van der Waals surface area contributed by atoms with E-state index in [1.54, 1.807) is 78.5 Å². The smallest absolute Gasteiger partial charge is 0.339 e. The summed E-state index contributed by atoms with van der Waals surface area (Å²) in [5.41, 5.74) is 5.27. The molecule has 2 aliphatic rings. The van der Waals surface area contributed by atoms with Gasteiger partial charge in [0.2, 0.25) is 5.91 Å². The van der Waals surface area contributed by atoms with Gasteiger partial charge in [-0.2, -0.15) is 0 Å². The summed E-state index contributed by atoms with van der Waals surface area (Å²) in [5.74, 6) is 9.66. The van der Waals surface area contributed by atoms with E-state index in [4.69, 9.17) is 33.7 Å². The van der Waals surface area contributed by atoms with Crippen molar-refractivity contribution in [3.63, 3.8) is 0 Å². The number of hydrogen-bond acceptors (Lipinski definition) is 6. The number of aryl methyl sites for hydroxylation is 1. The van der Waals surface area contributed by atoms with Crippen molar-refractivity contribution in [2.24, 2.45) is 12.8 Å². The first-order valence-corrected chi connectivity index (χ1v) is 18.6. The maximum Gasteiger partial charge on any atom is 0.339 e. The molecule has 0 spiro atoms. The Morgan fingerprint density at radius 2 is 1.44 bits per heavy atom. The lowest BCUT2D eigenvalue weighted by atomic mass is 9.72. The topological polar surface area (TPSA) is 135 Å². The second-order valence-electron chi connectivity index (χ2n) is 14.1. The Morgan fingerprint density at radius 1 is 0.852 bits per heavy atom. The number of ether oxygens (including phenoxy) is 1. The average Bonchev–Trinajstić information content (AvgIpc) is 3.58. The number of halogens is 2. The summed E-state index contributed by atoms with van der Waals surface area (Å²) >= 11 is 12.4. The molecule has 4 N–H and O–H groups in total. The third kappa shape index (κ3) is 8.51. The summed E-state index contributed by atoms with van der Waals surface area (Å²) in [7, 11) is 2.98. The highest BCUT2D eigenvalue weighted by Gasteiger charge is 2.44. The highest BCUT2D eigenvalue weighted by Crippen LogP contribution is 2.47. The van der Waals surface area contributed by atoms with E-state index >= 15 is 0 Å². The normalized spacial score (nSPS) is 22.2. The summed E-state index contributed by atoms with van der Waals surface area (Å²) in [6.45, 7) is 0. The van der Waals surface area contributed by atoms with Crippen LogP contribution in [0.15, 0.2) is 79.0 Å². The Bertz CT molecular complexity index is 2230. The molecule has 2 aliphatic carbocycles. The Balaban J connectivity index is 1.52. The van der Waals surface area contributed by atoms with Gasteiger partial charge < -0.3 is 30.2 Å². The molecule has 4 aromatic rings. The van der Waals surface area contributed by atoms with E-state index < -0.39 is 40.9 Å². The predicted molar refractivity (Wildman–Crippen MR) is 209 cm³/mol. The van der Waals surface area contributed by atoms with Crippen molar-refractivity contribution in [3.05, 3.63) is 123 Å². The molecule has 2 fully saturated rings. The van der Waals surface area contributed by atoms with Crippen molar-refractivity contribution in [1.29, 1.82) is 0 Å². The van der Waals surface area contributed by atoms with Crippen molar-refractivity contribution >= 4 is 46.7 Å². The maximum absolute atomic E-state index is 15.0. The van der Waals surface area contributed by atoms with Crippen LogP contribution in [-0.4, -0.2) is 56.9 Å². The molecule has 278 valence electrons. The number of carbonyl (C=O) groups excluding carboxylic acids is 3. The van der Waals surface area contributed by atoms with Crippen LogP contribution >= 0.6 is 23.2 Å². The van der Waals surface area contributed by atoms with Crippen LogP contribution in [0.25, 0.3) is 0 Å². The standard InChI is InChI=1S/C43H41Cl2N3O6/c1-47-23-7-14-36(47)40(50)48(33-13-6-20-43(53,27-33)22-18-29-9-4-12-32(45)25-29)38-35(41(51)54-2)16-15-34(39(46)49)37(38)30-10-5-19-42(52,26-30)21-17-28-8-3-11-31(44)24-28/h3-4,7-9,11-12,14-16,23-25,30,33,52-53H,5-6,10,13,19-20,26-27H2,1-2H3,(H2,46,49)/t30-,33-,42?,43?/m0/s1. The van der Waals surface area contributed by atoms with E-state index in [-0.39, 0.29) is 29.7 Å². The van der Waals surface area contributed by atoms with Crippen molar-refractivity contribution < 1.29 is 29.3 Å². The fourth-order valence-corrected chi connectivity index (χ4v) is 8.09. The van der Waals surface area contributed by atoms with Crippen LogP contribution < -0.4 is 10.6 Å². The number of esters is 1. The van der Waals surface area contributed by atoms with Crippen LogP contribution in [-0.2, 0) is 11.8 Å². The van der Waals surface area contributed by atoms with Gasteiger partial charge in [0.05, 0.1) is 18.4 Å². The number of anilines is 1. The van der Waals surface area contributed by atoms with Crippen LogP contribution in [0.1, 0.15) is 105 Å². The van der Waals surface area contributed by atoms with Gasteiger partial charge in [-0.1, -0.05) is 59.0 Å². The number of nitrogens with two attached hydrogens (primary N) is 1. The Morgan fingerprint density at radius 3 is 2.00 bits per heavy atom. The molecule has 0 saturated heterocycles. The van der Waals surface area contributed by atoms with Crippen LogP contribution in [0.5, 0.6) is 0 Å². The molecule has 54 heavy (non-hydrogen) atoms. The van der Waals surface area contributed by atoms with Crippen LogP contribution in [0.2, 0.25) is 10.0 Å². The van der Waals surface area contributed by atoms with Gasteiger partial charge >= 0.3 is 5.97 Å². The lowest BCUT2D eigenvalue weighted by molar-refractivity contribution is 0.0497. The minimum absolute atomic E-state index is 0.0390. The number of carbonyl (C=O) groups is 3. The number of amides is 2. The molecule has 2 amide bonds. The predicted octanol–water partition coefficient (Wildman–Crippen LogP) is 7.03. The van der Waals surface area contributed by atoms with Gasteiger partial charge in [0.25, 0.3) is 5.91 Å². The third-order valence-electron chi connectivity index (χ3n) is 10.2. The summed E-state index contributed by atoms with van der Waals surface area (Å²) < 4.78 is 6.93. The molecule has 2 saturated carbocycles. The van der Waals surface area contributed by atoms with Gasteiger partial charge in [-0.15, -0.1) is 0 Å². The first kappa shape index (κ1) is 38.7. The molecule has 9 nitrogen and oxygen atoms in total. The second-order valence-corrected chi connectivity index (χ2v) is 15.0. The molecule has 0 bridgehead atoms. The summed E-state index contributed by atoms with van der Waals surface area (Å²) in [6, 6.07) is 19.7. The lowest BCUT2D eigenvalue weighted by Crippen LogP contribution is -2.49. The van der Waals surface area contributed by atoms with Gasteiger partial charge in [0.1, 0.15) is 16.9 Å². The fraction of sp³-hybridized carbons (Fsp3) is 0.326. The lowest BCUT2D eigenvalue weighted by Gasteiger charge is -2.42. The molecule has 6 rings (SSSR count). The molecule has 0 radical (unpaired) electrons. The van der Waals surface area contributed by atoms with Crippen LogP contribution in [0.3, 0.4) is 0 Å². The molecule has 1 aromatic heterocycles. The molecule has 11 heteroatoms. The van der Waals surface area contributed by atoms with E-state index in [1.807, 2.05) is 0 Å². The van der Waals surface area contributed by atoms with Crippen molar-refractivity contribution in [3.8, 4) is 23.7 Å². The zero-order valence-corrected chi connectivity index (χ0v) is 31.6. The van der Waals surface area contributed by atoms with E-state index in [0.29, 0.717) is 71.0 Å². The zero-order valence-electron chi connectivity index (χ0n) is 30.1. The number of benzene rings is 3. The monoisotopic (exact) mass is 765 g/mol. The summed E-state index contributed by atoms with van der Waals surface area (Å²) in [6.07, 6.45) is 4.57. The Kier molecular flexibility index (Phi) is 11.6. The van der Waals surface area contributed by atoms with Crippen molar-refractivity contribution in [1.82, 2.24) is 4.57 Å². The Hall–Kier alpha value is -5.03. The van der Waals surface area contributed by atoms with Crippen molar-refractivity contribution in [2.75, 3.05) is 12.0 Å². The van der Waals surface area contributed by atoms with Gasteiger partial charge in [-0.3, -0.25) is 9.59 Å². The number of nitrogens with zero attached hydrogens (tertiary/aromatic N) is 2. The van der Waals surface area contributed by atoms with E-state index in [1.165, 1.54) is 24.1 Å². The zero-order chi connectivity index (χ0) is 38.6. The highest BCUT2D eigenvalue weighted by molar-refractivity contribution is 6.31. The maximum atomic E-state index is 15.0. The molecule has 2 unspecified atom stereocenters. The average molecular weight is 767 g/mol. The fourth-order valence-electron chi connectivity index (χ4n) is 7.71. The molecular weight excluding hydrogens is 725 g/mol. The van der Waals surface area contributed by atoms with Gasteiger partial charge in [0.15, 0.2) is 0 Å². The number of methoxy groups -OCH3 is 1. The van der Waals surface area contributed by atoms with Crippen LogP contribution in [0, 0.1) is 23.7 Å². The Labute approximate surface area is 325 Å².